The molecule has 1 heterocycles. The van der Waals surface area contributed by atoms with E-state index in [1.807, 2.05) is 12.1 Å². The van der Waals surface area contributed by atoms with Gasteiger partial charge in [-0.1, -0.05) is 44.5 Å². The van der Waals surface area contributed by atoms with Crippen molar-refractivity contribution >= 4 is 5.97 Å². The molecule has 0 radical (unpaired) electrons. The highest BCUT2D eigenvalue weighted by Gasteiger charge is 2.09. The van der Waals surface area contributed by atoms with Gasteiger partial charge in [0.1, 0.15) is 12.3 Å². The number of carbonyl (C=O) groups excluding carboxylic acids is 1. The molecule has 2 rings (SSSR count). The van der Waals surface area contributed by atoms with E-state index in [2.05, 4.69) is 43.2 Å². The van der Waals surface area contributed by atoms with Gasteiger partial charge in [0.15, 0.2) is 0 Å². The van der Waals surface area contributed by atoms with Crippen LogP contribution in [0.15, 0.2) is 30.5 Å². The van der Waals surface area contributed by atoms with Crippen LogP contribution in [0.25, 0.3) is 5.69 Å². The van der Waals surface area contributed by atoms with Gasteiger partial charge in [-0.15, -0.1) is 5.10 Å². The fourth-order valence-corrected chi connectivity index (χ4v) is 2.47. The van der Waals surface area contributed by atoms with Gasteiger partial charge in [0, 0.05) is 6.92 Å². The smallest absolute Gasteiger partial charge is 0.303 e. The van der Waals surface area contributed by atoms with Gasteiger partial charge in [0.25, 0.3) is 0 Å². The predicted octanol–water partition coefficient (Wildman–Crippen LogP) is 4.09. The van der Waals surface area contributed by atoms with Gasteiger partial charge in [0.05, 0.1) is 11.9 Å². The van der Waals surface area contributed by atoms with Crippen molar-refractivity contribution in [1.82, 2.24) is 15.0 Å². The Morgan fingerprint density at radius 2 is 1.88 bits per heavy atom. The van der Waals surface area contributed by atoms with Crippen molar-refractivity contribution in [3.63, 3.8) is 0 Å². The lowest BCUT2D eigenvalue weighted by molar-refractivity contribution is -0.142. The Kier molecular flexibility index (Phi) is 6.12. The number of hydrogen-bond acceptors (Lipinski definition) is 4. The number of carbonyl (C=O) groups is 1. The summed E-state index contributed by atoms with van der Waals surface area (Å²) in [6.45, 7) is 8.40. The van der Waals surface area contributed by atoms with E-state index in [0.29, 0.717) is 11.1 Å². The van der Waals surface area contributed by atoms with Gasteiger partial charge in [0.2, 0.25) is 0 Å². The zero-order valence-electron chi connectivity index (χ0n) is 15.1. The molecular formula is C19H27N3O2. The highest BCUT2D eigenvalue weighted by molar-refractivity contribution is 5.65. The summed E-state index contributed by atoms with van der Waals surface area (Å²) >= 11 is 0. The number of ether oxygens (including phenoxy) is 1. The summed E-state index contributed by atoms with van der Waals surface area (Å²) < 4.78 is 6.62. The monoisotopic (exact) mass is 329 g/mol. The molecule has 2 aromatic rings. The van der Waals surface area contributed by atoms with E-state index in [1.165, 1.54) is 31.7 Å². The van der Waals surface area contributed by atoms with E-state index in [0.717, 1.165) is 12.1 Å². The Bertz CT molecular complexity index is 654. The van der Waals surface area contributed by atoms with Gasteiger partial charge in [-0.3, -0.25) is 4.79 Å². The number of esters is 1. The number of benzene rings is 1. The van der Waals surface area contributed by atoms with E-state index in [4.69, 9.17) is 4.74 Å². The molecule has 0 aliphatic carbocycles. The molecule has 0 atom stereocenters. The summed E-state index contributed by atoms with van der Waals surface area (Å²) in [5.74, 6) is -0.319. The molecule has 0 aliphatic rings. The Balaban J connectivity index is 1.86. The second kappa shape index (κ2) is 8.08. The van der Waals surface area contributed by atoms with Crippen molar-refractivity contribution in [3.05, 3.63) is 41.7 Å². The molecule has 5 nitrogen and oxygen atoms in total. The quantitative estimate of drug-likeness (QED) is 0.567. The van der Waals surface area contributed by atoms with Gasteiger partial charge in [-0.25, -0.2) is 4.68 Å². The van der Waals surface area contributed by atoms with Crippen molar-refractivity contribution < 1.29 is 9.53 Å². The minimum Gasteiger partial charge on any atom is -0.459 e. The second-order valence-electron chi connectivity index (χ2n) is 7.37. The predicted molar refractivity (Wildman–Crippen MR) is 93.8 cm³/mol. The van der Waals surface area contributed by atoms with E-state index in [9.17, 15) is 4.79 Å². The maximum absolute atomic E-state index is 10.8. The SMILES string of the molecule is CC(=O)OCc1cn(-c2ccc(CCCCC(C)(C)C)cc2)nn1. The lowest BCUT2D eigenvalue weighted by Gasteiger charge is -2.17. The highest BCUT2D eigenvalue weighted by Crippen LogP contribution is 2.22. The summed E-state index contributed by atoms with van der Waals surface area (Å²) in [6, 6.07) is 8.37. The molecular weight excluding hydrogens is 302 g/mol. The van der Waals surface area contributed by atoms with Crippen molar-refractivity contribution in [2.24, 2.45) is 5.41 Å². The standard InChI is InChI=1S/C19H27N3O2/c1-15(23)24-14-17-13-22(21-20-17)18-10-8-16(9-11-18)7-5-6-12-19(2,3)4/h8-11,13H,5-7,12,14H2,1-4H3. The first-order valence-corrected chi connectivity index (χ1v) is 8.47. The van der Waals surface area contributed by atoms with Gasteiger partial charge in [-0.2, -0.15) is 0 Å². The van der Waals surface area contributed by atoms with Crippen LogP contribution in [0.2, 0.25) is 0 Å². The number of rotatable bonds is 7. The number of unbranched alkanes of at least 4 members (excludes halogenated alkanes) is 1. The third-order valence-electron chi connectivity index (χ3n) is 3.81. The van der Waals surface area contributed by atoms with Crippen molar-refractivity contribution in [2.75, 3.05) is 0 Å². The molecule has 0 N–H and O–H groups in total. The highest BCUT2D eigenvalue weighted by atomic mass is 16.5. The van der Waals surface area contributed by atoms with Crippen molar-refractivity contribution in [3.8, 4) is 5.69 Å². The lowest BCUT2D eigenvalue weighted by atomic mass is 9.89. The molecule has 1 aromatic carbocycles. The van der Waals surface area contributed by atoms with Crippen LogP contribution in [0.4, 0.5) is 0 Å². The Labute approximate surface area is 144 Å². The molecule has 130 valence electrons. The first kappa shape index (κ1) is 18.2. The van der Waals surface area contributed by atoms with Crippen LogP contribution >= 0.6 is 0 Å². The zero-order chi connectivity index (χ0) is 17.6. The van der Waals surface area contributed by atoms with Crippen molar-refractivity contribution in [2.45, 2.75) is 60.0 Å². The lowest BCUT2D eigenvalue weighted by Crippen LogP contribution is -2.04. The van der Waals surface area contributed by atoms with E-state index in [1.54, 1.807) is 10.9 Å². The minimum absolute atomic E-state index is 0.154. The fourth-order valence-electron chi connectivity index (χ4n) is 2.47. The minimum atomic E-state index is -0.319. The van der Waals surface area contributed by atoms with Crippen LogP contribution in [0.3, 0.4) is 0 Å². The molecule has 0 saturated carbocycles. The Morgan fingerprint density at radius 1 is 1.17 bits per heavy atom. The number of hydrogen-bond donors (Lipinski definition) is 0. The van der Waals surface area contributed by atoms with Crippen LogP contribution in [0, 0.1) is 5.41 Å². The molecule has 0 aliphatic heterocycles. The average Bonchev–Trinajstić information content (AvgIpc) is 2.98. The molecule has 0 fully saturated rings. The third-order valence-corrected chi connectivity index (χ3v) is 3.81. The Hall–Kier alpha value is -2.17. The van der Waals surface area contributed by atoms with Gasteiger partial charge >= 0.3 is 5.97 Å². The molecule has 0 amide bonds. The van der Waals surface area contributed by atoms with Gasteiger partial charge < -0.3 is 4.74 Å². The van der Waals surface area contributed by atoms with E-state index >= 15 is 0 Å². The zero-order valence-corrected chi connectivity index (χ0v) is 15.1. The molecule has 24 heavy (non-hydrogen) atoms. The summed E-state index contributed by atoms with van der Waals surface area (Å²) in [6.07, 6.45) is 6.61. The largest absolute Gasteiger partial charge is 0.459 e. The van der Waals surface area contributed by atoms with Gasteiger partial charge in [-0.05, 0) is 42.4 Å². The van der Waals surface area contributed by atoms with E-state index < -0.39 is 0 Å². The molecule has 5 heteroatoms. The van der Waals surface area contributed by atoms with E-state index in [-0.39, 0.29) is 12.6 Å². The topological polar surface area (TPSA) is 57.0 Å². The number of aromatic nitrogens is 3. The summed E-state index contributed by atoms with van der Waals surface area (Å²) in [5, 5.41) is 8.08. The van der Waals surface area contributed by atoms with Crippen LogP contribution in [0.5, 0.6) is 0 Å². The van der Waals surface area contributed by atoms with Crippen LogP contribution in [-0.4, -0.2) is 21.0 Å². The first-order chi connectivity index (χ1) is 11.3. The Morgan fingerprint density at radius 3 is 2.50 bits per heavy atom. The number of aryl methyl sites for hydroxylation is 1. The average molecular weight is 329 g/mol. The molecule has 0 spiro atoms. The third kappa shape index (κ3) is 6.14. The van der Waals surface area contributed by atoms with Crippen LogP contribution in [-0.2, 0) is 22.6 Å². The normalized spacial score (nSPS) is 11.5. The molecule has 0 bridgehead atoms. The second-order valence-corrected chi connectivity index (χ2v) is 7.37. The fraction of sp³-hybridized carbons (Fsp3) is 0.526. The van der Waals surface area contributed by atoms with Crippen LogP contribution in [0.1, 0.15) is 58.2 Å². The summed E-state index contributed by atoms with van der Waals surface area (Å²) in [7, 11) is 0. The summed E-state index contributed by atoms with van der Waals surface area (Å²) in [4.78, 5) is 10.8. The van der Waals surface area contributed by atoms with Crippen LogP contribution < -0.4 is 0 Å². The summed E-state index contributed by atoms with van der Waals surface area (Å²) in [5.41, 5.74) is 3.35. The molecule has 0 unspecified atom stereocenters. The molecule has 0 saturated heterocycles. The maximum atomic E-state index is 10.8. The molecule has 1 aromatic heterocycles. The first-order valence-electron chi connectivity index (χ1n) is 8.47. The van der Waals surface area contributed by atoms with Crippen molar-refractivity contribution in [1.29, 1.82) is 0 Å². The number of nitrogens with zero attached hydrogens (tertiary/aromatic N) is 3. The maximum Gasteiger partial charge on any atom is 0.303 e.